The van der Waals surface area contributed by atoms with Gasteiger partial charge in [0.1, 0.15) is 79.1 Å². The predicted octanol–water partition coefficient (Wildman–Crippen LogP) is 11.9. The number of amides is 3. The third-order valence-corrected chi connectivity index (χ3v) is 28.5. The van der Waals surface area contributed by atoms with Crippen LogP contribution in [0.5, 0.6) is 18.0 Å². The Bertz CT molecular complexity index is 6220. The lowest BCUT2D eigenvalue weighted by Crippen LogP contribution is -2.57. The van der Waals surface area contributed by atoms with Gasteiger partial charge in [-0.05, 0) is 147 Å². The van der Waals surface area contributed by atoms with Crippen LogP contribution in [-0.2, 0) is 53.3 Å². The second-order valence-electron chi connectivity index (χ2n) is 38.3. The fraction of sp³-hybridized carbons (Fsp3) is 0.515. The van der Waals surface area contributed by atoms with Gasteiger partial charge in [-0.3, -0.25) is 39.3 Å². The number of anilines is 6. The Labute approximate surface area is 826 Å². The second kappa shape index (κ2) is 43.9. The molecule has 9 aliphatic rings. The van der Waals surface area contributed by atoms with Crippen molar-refractivity contribution in [1.82, 2.24) is 79.7 Å². The number of nitrogens with one attached hydrogen (secondary N) is 2. The number of piperazine rings is 3. The molecule has 0 bridgehead atoms. The van der Waals surface area contributed by atoms with Crippen LogP contribution in [0.4, 0.5) is 56.5 Å². The van der Waals surface area contributed by atoms with Crippen molar-refractivity contribution >= 4 is 123 Å². The van der Waals surface area contributed by atoms with Gasteiger partial charge in [0.25, 0.3) is 5.91 Å². The first-order chi connectivity index (χ1) is 65.7. The summed E-state index contributed by atoms with van der Waals surface area (Å²) in [7, 11) is 5.69. The maximum Gasteiger partial charge on any atom is 0.318 e. The molecule has 740 valence electrons. The number of aromatic amines is 2. The number of aliphatic hydroxyl groups excluding tert-OH is 1. The van der Waals surface area contributed by atoms with Crippen molar-refractivity contribution < 1.29 is 55.7 Å². The number of hydrogen-bond donors (Lipinski definition) is 3. The summed E-state index contributed by atoms with van der Waals surface area (Å²) in [5.74, 6) is -0.152. The molecule has 6 saturated heterocycles. The quantitative estimate of drug-likeness (QED) is 0.0305. The number of allylic oxidation sites excluding steroid dienone is 1. The molecule has 14 heterocycles. The Morgan fingerprint density at radius 3 is 1.28 bits per heavy atom. The predicted molar refractivity (Wildman–Crippen MR) is 538 cm³/mol. The highest BCUT2D eigenvalue weighted by Gasteiger charge is 2.46. The lowest BCUT2D eigenvalue weighted by Gasteiger charge is -2.41. The van der Waals surface area contributed by atoms with E-state index < -0.39 is 41.5 Å². The summed E-state index contributed by atoms with van der Waals surface area (Å²) >= 11 is 6.70. The van der Waals surface area contributed by atoms with Crippen LogP contribution in [-0.4, -0.2) is 328 Å². The topological polar surface area (TPSA) is 286 Å². The number of alkyl halides is 4. The molecule has 6 fully saturated rings. The smallest absolute Gasteiger partial charge is 0.318 e. The molecule has 139 heavy (non-hydrogen) atoms. The number of halogens is 6. The van der Waals surface area contributed by atoms with E-state index in [1.165, 1.54) is 45.9 Å². The summed E-state index contributed by atoms with van der Waals surface area (Å²) in [5, 5.41) is 28.8. The molecular weight excluding hydrogens is 1850 g/mol. The molecule has 0 radical (unpaired) electrons. The number of nitrogens with zero attached hydrogens (tertiary/aromatic N) is 23. The van der Waals surface area contributed by atoms with Crippen LogP contribution in [0.15, 0.2) is 97.6 Å². The summed E-state index contributed by atoms with van der Waals surface area (Å²) in [4.78, 5) is 102. The Hall–Kier alpha value is -11.9. The zero-order valence-electron chi connectivity index (χ0n) is 80.3. The van der Waals surface area contributed by atoms with E-state index in [-0.39, 0.29) is 140 Å². The fourth-order valence-corrected chi connectivity index (χ4v) is 21.6. The summed E-state index contributed by atoms with van der Waals surface area (Å²) in [6.07, 6.45) is 12.1. The Morgan fingerprint density at radius 2 is 0.906 bits per heavy atom. The number of rotatable bonds is 23. The SMILES string of the molecule is S.S.[C-]#[N+]C[C@H]1CN(c2nc(OC[C@@H]3CC(C)(F)CN3C)nc3c2CCN(c2c(C)c(C)cc4[nH]ncc24)C3)CCN1C(=O)/C=C/CF.[C-]#[N+]C[C@H]1CN(c2nc(OC[C@@H]3CC(C)(F)CN3C)nc3c2CCN(c2c(C)c(C)cc4[nH]ncc24)C3)CCN1C(=O)C(=C)F.[C-]#[N+]C[C@H]1CN(c2nc(OC[C@@H]3CC(C)(F)CN3C)nc3c2CCN(c2cccc4cccc(Cl)c24)C3)CCN1C(=O)/C=C/CO. The number of aliphatic hydroxyl groups is 1. The number of fused-ring (bicyclic) bond motifs is 6. The number of benzene rings is 4. The zero-order chi connectivity index (χ0) is 97.1. The van der Waals surface area contributed by atoms with Crippen LogP contribution in [0.2, 0.25) is 5.02 Å². The molecule has 4 aromatic carbocycles. The molecule has 40 heteroatoms. The number of likely N-dealkylation sites (tertiary alicyclic amines) is 3. The van der Waals surface area contributed by atoms with Crippen LogP contribution in [0.1, 0.15) is 96.1 Å². The molecule has 18 rings (SSSR count). The molecule has 3 amide bonds. The standard InChI is InChI=1S/C34H39ClFN7O3.C33H41F2N9O2.C32H39F2N9O2.2H2S/c1-34(36)17-24(40(3)22-34)21-46-33-38-28-20-41(29-10-5-8-23-7-4-9-27(35)31(23)29)13-12-26(28)32(39-33)42-14-15-43(25(19-42)18-37-2)30(45)11-6-16-44;1-21-13-27-26(16-37-40-27)30(22(21)2)42-10-8-25-28(18-42)38-32(46-19-23-14-33(3,35)20-41(23)5)39-31(25)43-11-12-44(24(17-43)15-36-4)29(45)7-6-9-34;1-19-11-26-25(14-36-39-26)28(20(19)2)41-8-7-24-27(16-41)37-31(45-17-22-12-32(4,34)18-40(22)6)38-29(24)42-9-10-43(30(44)21(3)33)23(15-42)13-35-5;;/h4-11,24-25,44H,12-22H2,1,3H3;6-7,13,16,23-24H,8-12,14-15,17-20H2,1-3,5H3,(H,37,40);11,14,22-23H,3,7-10,12-13,15-18H2,1-2,4,6H3,(H,36,39);2*1H2/b11-6+;7-6+;;;/t24-,25-,34?;23-,24-,33?;22-,23-,32?;;/m000../s1. The normalized spacial score (nSPS) is 23.3. The van der Waals surface area contributed by atoms with Gasteiger partial charge in [-0.1, -0.05) is 48.5 Å². The third kappa shape index (κ3) is 22.8. The molecule has 9 atom stereocenters. The monoisotopic (exact) mass is 1970 g/mol. The van der Waals surface area contributed by atoms with E-state index in [1.54, 1.807) is 30.6 Å². The van der Waals surface area contributed by atoms with Gasteiger partial charge in [0.2, 0.25) is 31.4 Å². The van der Waals surface area contributed by atoms with E-state index >= 15 is 0 Å². The van der Waals surface area contributed by atoms with E-state index in [0.717, 1.165) is 120 Å². The van der Waals surface area contributed by atoms with Crippen molar-refractivity contribution in [3.05, 3.63) is 193 Å². The van der Waals surface area contributed by atoms with Crippen LogP contribution in [0.3, 0.4) is 0 Å². The number of aromatic nitrogens is 10. The lowest BCUT2D eigenvalue weighted by molar-refractivity contribution is -0.131. The number of carbonyl (C=O) groups excluding carboxylic acids is 3. The molecular formula is C99H123ClF5N25O7S2. The van der Waals surface area contributed by atoms with Crippen LogP contribution < -0.4 is 43.6 Å². The third-order valence-electron chi connectivity index (χ3n) is 28.2. The first kappa shape index (κ1) is 103. The van der Waals surface area contributed by atoms with E-state index in [9.17, 15) is 36.3 Å². The molecule has 0 spiro atoms. The van der Waals surface area contributed by atoms with Gasteiger partial charge in [-0.25, -0.2) is 41.7 Å². The van der Waals surface area contributed by atoms with Gasteiger partial charge in [-0.15, -0.1) is 0 Å². The lowest BCUT2D eigenvalue weighted by atomic mass is 9.99. The van der Waals surface area contributed by atoms with Crippen LogP contribution in [0, 0.1) is 47.4 Å². The van der Waals surface area contributed by atoms with E-state index in [4.69, 9.17) is 80.5 Å². The van der Waals surface area contributed by atoms with Gasteiger partial charge in [0.15, 0.2) is 5.83 Å². The summed E-state index contributed by atoms with van der Waals surface area (Å²) in [5.41, 5.74) is 11.6. The minimum atomic E-state index is -1.28. The number of ether oxygens (including phenoxy) is 3. The highest BCUT2D eigenvalue weighted by atomic mass is 35.5. The molecule has 9 aliphatic heterocycles. The number of likely N-dealkylation sites (N-methyl/N-ethyl adjacent to an activating group) is 3. The maximum absolute atomic E-state index is 14.8. The van der Waals surface area contributed by atoms with Crippen LogP contribution >= 0.6 is 38.6 Å². The summed E-state index contributed by atoms with van der Waals surface area (Å²) in [6.45, 7) is 47.5. The first-order valence-electron chi connectivity index (χ1n) is 46.8. The van der Waals surface area contributed by atoms with Crippen molar-refractivity contribution in [1.29, 1.82) is 0 Å². The van der Waals surface area contributed by atoms with Crippen LogP contribution in [0.25, 0.3) is 47.1 Å². The number of H-pyrrole nitrogens is 2. The maximum atomic E-state index is 14.8. The van der Waals surface area contributed by atoms with Gasteiger partial charge in [0.05, 0.1) is 83.1 Å². The van der Waals surface area contributed by atoms with E-state index in [2.05, 4.69) is 129 Å². The number of hydrogen-bond acceptors (Lipinski definition) is 24. The van der Waals surface area contributed by atoms with Crippen molar-refractivity contribution in [2.45, 2.75) is 160 Å². The van der Waals surface area contributed by atoms with Gasteiger partial charge < -0.3 is 78.0 Å². The molecule has 5 aromatic heterocycles. The van der Waals surface area contributed by atoms with Gasteiger partial charge >= 0.3 is 18.0 Å². The Kier molecular flexibility index (Phi) is 32.5. The summed E-state index contributed by atoms with van der Waals surface area (Å²) in [6, 6.07) is 15.4. The first-order valence-corrected chi connectivity index (χ1v) is 47.1. The number of aryl methyl sites for hydroxylation is 2. The Balaban J connectivity index is 0.000000165. The minimum Gasteiger partial charge on any atom is -0.462 e. The largest absolute Gasteiger partial charge is 0.462 e. The average Bonchev–Trinajstić information content (AvgIpc) is 1.75. The number of carbonyl (C=O) groups is 3. The highest BCUT2D eigenvalue weighted by Crippen LogP contribution is 2.44. The molecule has 3 N–H and O–H groups in total. The zero-order valence-corrected chi connectivity index (χ0v) is 83.1. The van der Waals surface area contributed by atoms with Crippen molar-refractivity contribution in [2.75, 3.05) is 201 Å². The summed E-state index contributed by atoms with van der Waals surface area (Å²) < 4.78 is 89.5. The van der Waals surface area contributed by atoms with Crippen molar-refractivity contribution in [3.8, 4) is 18.0 Å². The minimum absolute atomic E-state index is 0. The van der Waals surface area contributed by atoms with Crippen molar-refractivity contribution in [3.63, 3.8) is 0 Å². The van der Waals surface area contributed by atoms with Gasteiger partial charge in [0, 0.05) is 186 Å². The molecule has 3 unspecified atom stereocenters. The molecule has 9 aromatic rings. The molecule has 0 saturated carbocycles. The molecule has 32 nitrogen and oxygen atoms in total. The molecule has 0 aliphatic carbocycles. The van der Waals surface area contributed by atoms with E-state index in [0.29, 0.717) is 141 Å². The van der Waals surface area contributed by atoms with Crippen molar-refractivity contribution in [2.24, 2.45) is 0 Å². The fourth-order valence-electron chi connectivity index (χ4n) is 21.3. The Morgan fingerprint density at radius 1 is 0.532 bits per heavy atom. The second-order valence-corrected chi connectivity index (χ2v) is 38.7. The average molecular weight is 1970 g/mol. The van der Waals surface area contributed by atoms with E-state index in [1.807, 2.05) is 66.4 Å². The highest BCUT2D eigenvalue weighted by molar-refractivity contribution is 7.59. The van der Waals surface area contributed by atoms with Gasteiger partial charge in [-0.2, -0.15) is 67.1 Å².